The minimum atomic E-state index is -2.54. The van der Waals surface area contributed by atoms with Gasteiger partial charge in [-0.05, 0) is 49.0 Å². The van der Waals surface area contributed by atoms with Gasteiger partial charge in [0.05, 0.1) is 18.6 Å². The Kier molecular flexibility index (Phi) is 8.40. The Balaban J connectivity index is 1.61. The van der Waals surface area contributed by atoms with E-state index in [1.807, 2.05) is 32.9 Å². The topological polar surface area (TPSA) is 68.3 Å². The molecule has 1 saturated heterocycles. The average molecular weight is 485 g/mol. The number of rotatable bonds is 10. The van der Waals surface area contributed by atoms with Gasteiger partial charge in [0.2, 0.25) is 0 Å². The van der Waals surface area contributed by atoms with Crippen LogP contribution in [0, 0.1) is 0 Å². The second-order valence-electron chi connectivity index (χ2n) is 11.2. The fraction of sp³-hybridized carbons (Fsp3) is 0.536. The minimum absolute atomic E-state index is 0.0415. The predicted molar refractivity (Wildman–Crippen MR) is 138 cm³/mol. The molecule has 0 amide bonds. The minimum Gasteiger partial charge on any atom is -0.460 e. The molecule has 1 unspecified atom stereocenters. The summed E-state index contributed by atoms with van der Waals surface area (Å²) in [5.41, 5.74) is -0.557. The van der Waals surface area contributed by atoms with Crippen LogP contribution in [0.1, 0.15) is 60.8 Å². The van der Waals surface area contributed by atoms with E-state index in [1.165, 1.54) is 10.4 Å². The highest BCUT2D eigenvalue weighted by Gasteiger charge is 2.50. The molecular formula is C28H40O5Si. The van der Waals surface area contributed by atoms with Gasteiger partial charge >= 0.3 is 5.97 Å². The van der Waals surface area contributed by atoms with Crippen molar-refractivity contribution < 1.29 is 23.8 Å². The molecule has 2 aromatic rings. The lowest BCUT2D eigenvalue weighted by Crippen LogP contribution is -2.66. The summed E-state index contributed by atoms with van der Waals surface area (Å²) in [6.07, 6.45) is 0.383. The largest absolute Gasteiger partial charge is 0.460 e. The van der Waals surface area contributed by atoms with Crippen LogP contribution in [0.15, 0.2) is 60.7 Å². The summed E-state index contributed by atoms with van der Waals surface area (Å²) in [4.78, 5) is 12.0. The third kappa shape index (κ3) is 6.57. The molecule has 1 aliphatic rings. The summed E-state index contributed by atoms with van der Waals surface area (Å²) in [5, 5.41) is 12.8. The van der Waals surface area contributed by atoms with E-state index in [1.54, 1.807) is 0 Å². The zero-order valence-corrected chi connectivity index (χ0v) is 22.4. The van der Waals surface area contributed by atoms with Gasteiger partial charge in [0.15, 0.2) is 0 Å². The first-order valence-corrected chi connectivity index (χ1v) is 14.2. The van der Waals surface area contributed by atoms with Gasteiger partial charge in [0.25, 0.3) is 8.32 Å². The molecule has 3 rings (SSSR count). The Morgan fingerprint density at radius 3 is 1.97 bits per heavy atom. The normalized spacial score (nSPS) is 19.5. The Hall–Kier alpha value is -1.99. The number of carbonyl (C=O) groups is 1. The van der Waals surface area contributed by atoms with E-state index in [9.17, 15) is 9.90 Å². The lowest BCUT2D eigenvalue weighted by molar-refractivity contribution is -0.157. The van der Waals surface area contributed by atoms with E-state index in [4.69, 9.17) is 13.9 Å². The molecule has 1 N–H and O–H groups in total. The maximum Gasteiger partial charge on any atom is 0.309 e. The number of hydrogen-bond donors (Lipinski definition) is 1. The molecule has 1 heterocycles. The van der Waals surface area contributed by atoms with E-state index in [2.05, 4.69) is 69.3 Å². The molecule has 3 atom stereocenters. The van der Waals surface area contributed by atoms with Gasteiger partial charge in [-0.15, -0.1) is 0 Å². The van der Waals surface area contributed by atoms with Crippen molar-refractivity contribution in [3.63, 3.8) is 0 Å². The maximum absolute atomic E-state index is 12.0. The Labute approximate surface area is 205 Å². The molecule has 0 spiro atoms. The number of aliphatic hydroxyl groups excluding tert-OH is 1. The van der Waals surface area contributed by atoms with Crippen molar-refractivity contribution >= 4 is 24.7 Å². The smallest absolute Gasteiger partial charge is 0.309 e. The van der Waals surface area contributed by atoms with Crippen LogP contribution in [0.25, 0.3) is 0 Å². The summed E-state index contributed by atoms with van der Waals surface area (Å²) in [7, 11) is -2.54. The van der Waals surface area contributed by atoms with Crippen molar-refractivity contribution in [3.05, 3.63) is 60.7 Å². The average Bonchev–Trinajstić information content (AvgIpc) is 3.53. The highest BCUT2D eigenvalue weighted by Crippen LogP contribution is 2.37. The SMILES string of the molecule is CC(C)(C)OC(=O)CC(O)[C@H]1O[C@H]1CCCO[Si](c1ccccc1)(c1ccccc1)C(C)(C)C. The van der Waals surface area contributed by atoms with E-state index < -0.39 is 26.0 Å². The van der Waals surface area contributed by atoms with E-state index in [0.29, 0.717) is 6.61 Å². The molecule has 0 aliphatic carbocycles. The van der Waals surface area contributed by atoms with Crippen LogP contribution in [-0.2, 0) is 18.7 Å². The van der Waals surface area contributed by atoms with Gasteiger partial charge in [-0.2, -0.15) is 0 Å². The third-order valence-corrected chi connectivity index (χ3v) is 11.2. The van der Waals surface area contributed by atoms with E-state index in [-0.39, 0.29) is 23.7 Å². The van der Waals surface area contributed by atoms with Crippen molar-refractivity contribution in [2.24, 2.45) is 0 Å². The number of carbonyl (C=O) groups excluding carboxylic acids is 1. The molecule has 1 fully saturated rings. The molecule has 0 radical (unpaired) electrons. The van der Waals surface area contributed by atoms with Gasteiger partial charge in [0, 0.05) is 6.61 Å². The van der Waals surface area contributed by atoms with Crippen LogP contribution in [-0.4, -0.2) is 49.9 Å². The van der Waals surface area contributed by atoms with Crippen LogP contribution in [0.5, 0.6) is 0 Å². The molecule has 6 heteroatoms. The summed E-state index contributed by atoms with van der Waals surface area (Å²) >= 11 is 0. The van der Waals surface area contributed by atoms with Gasteiger partial charge in [0.1, 0.15) is 11.7 Å². The summed E-state index contributed by atoms with van der Waals surface area (Å²) in [6.45, 7) is 12.9. The zero-order chi connectivity index (χ0) is 25.0. The standard InChI is InChI=1S/C28H40O5Si/c1-27(2,3)33-25(30)20-23(29)26-24(32-26)18-13-19-31-34(28(4,5)6,21-14-9-7-10-15-21)22-16-11-8-12-17-22/h7-12,14-17,23-24,26,29H,13,18-20H2,1-6H3/t23?,24-,26+/m0/s1. The van der Waals surface area contributed by atoms with Crippen molar-refractivity contribution in [2.45, 2.75) is 89.8 Å². The number of benzene rings is 2. The molecule has 0 bridgehead atoms. The van der Waals surface area contributed by atoms with Crippen LogP contribution >= 0.6 is 0 Å². The monoisotopic (exact) mass is 484 g/mol. The quantitative estimate of drug-likeness (QED) is 0.237. The van der Waals surface area contributed by atoms with Gasteiger partial charge in [-0.25, -0.2) is 0 Å². The molecular weight excluding hydrogens is 444 g/mol. The van der Waals surface area contributed by atoms with Crippen LogP contribution < -0.4 is 10.4 Å². The summed E-state index contributed by atoms with van der Waals surface area (Å²) in [6, 6.07) is 21.2. The number of hydrogen-bond acceptors (Lipinski definition) is 5. The lowest BCUT2D eigenvalue weighted by Gasteiger charge is -2.43. The third-order valence-electron chi connectivity index (χ3n) is 6.17. The van der Waals surface area contributed by atoms with Crippen LogP contribution in [0.3, 0.4) is 0 Å². The molecule has 186 valence electrons. The molecule has 2 aromatic carbocycles. The van der Waals surface area contributed by atoms with Crippen molar-refractivity contribution in [2.75, 3.05) is 6.61 Å². The van der Waals surface area contributed by atoms with Crippen molar-refractivity contribution in [1.29, 1.82) is 0 Å². The van der Waals surface area contributed by atoms with Crippen molar-refractivity contribution in [1.82, 2.24) is 0 Å². The first-order chi connectivity index (χ1) is 15.9. The van der Waals surface area contributed by atoms with Crippen LogP contribution in [0.4, 0.5) is 0 Å². The molecule has 5 nitrogen and oxygen atoms in total. The second-order valence-corrected chi connectivity index (χ2v) is 15.5. The number of esters is 1. The highest BCUT2D eigenvalue weighted by atomic mass is 28.4. The van der Waals surface area contributed by atoms with Gasteiger partial charge < -0.3 is 19.0 Å². The second kappa shape index (κ2) is 10.7. The zero-order valence-electron chi connectivity index (χ0n) is 21.4. The highest BCUT2D eigenvalue weighted by molar-refractivity contribution is 6.99. The molecule has 0 saturated carbocycles. The fourth-order valence-corrected chi connectivity index (χ4v) is 9.27. The Morgan fingerprint density at radius 1 is 0.971 bits per heavy atom. The predicted octanol–water partition coefficient (Wildman–Crippen LogP) is 4.20. The van der Waals surface area contributed by atoms with Gasteiger partial charge in [-0.3, -0.25) is 4.79 Å². The first kappa shape index (κ1) is 26.6. The fourth-order valence-electron chi connectivity index (χ4n) is 4.67. The van der Waals surface area contributed by atoms with Crippen LogP contribution in [0.2, 0.25) is 5.04 Å². The summed E-state index contributed by atoms with van der Waals surface area (Å²) in [5.74, 6) is -0.399. The lowest BCUT2D eigenvalue weighted by atomic mass is 10.1. The molecule has 1 aliphatic heterocycles. The number of aliphatic hydroxyl groups is 1. The van der Waals surface area contributed by atoms with E-state index >= 15 is 0 Å². The Morgan fingerprint density at radius 2 is 1.50 bits per heavy atom. The molecule has 34 heavy (non-hydrogen) atoms. The maximum atomic E-state index is 12.0. The Bertz CT molecular complexity index is 878. The number of ether oxygens (including phenoxy) is 2. The molecule has 0 aromatic heterocycles. The van der Waals surface area contributed by atoms with Gasteiger partial charge in [-0.1, -0.05) is 81.4 Å². The van der Waals surface area contributed by atoms with E-state index in [0.717, 1.165) is 12.8 Å². The summed E-state index contributed by atoms with van der Waals surface area (Å²) < 4.78 is 17.9. The number of epoxide rings is 1. The van der Waals surface area contributed by atoms with Crippen molar-refractivity contribution in [3.8, 4) is 0 Å². The first-order valence-electron chi connectivity index (χ1n) is 12.2.